The summed E-state index contributed by atoms with van der Waals surface area (Å²) >= 11 is 0. The molecule has 2 aromatic rings. The summed E-state index contributed by atoms with van der Waals surface area (Å²) < 4.78 is 8.26. The molecule has 1 aliphatic rings. The Bertz CT molecular complexity index is 632. The number of rotatable bonds is 5. The zero-order valence-electron chi connectivity index (χ0n) is 13.9. The molecule has 3 rings (SSSR count). The molecule has 3 heteroatoms. The number of hydrogen-bond acceptors (Lipinski definition) is 2. The second-order valence-corrected chi connectivity index (χ2v) is 6.29. The molecule has 118 valence electrons. The lowest BCUT2D eigenvalue weighted by molar-refractivity contribution is 0.155. The van der Waals surface area contributed by atoms with E-state index in [1.54, 1.807) is 0 Å². The molecule has 1 aromatic carbocycles. The van der Waals surface area contributed by atoms with Gasteiger partial charge in [0.05, 0.1) is 6.61 Å². The topological polar surface area (TPSA) is 17.4 Å². The third kappa shape index (κ3) is 3.20. The minimum atomic E-state index is 0.505. The van der Waals surface area contributed by atoms with E-state index in [1.807, 2.05) is 0 Å². The summed E-state index contributed by atoms with van der Waals surface area (Å²) in [7, 11) is 0. The molecule has 0 bridgehead atoms. The van der Waals surface area contributed by atoms with Crippen molar-refractivity contribution in [2.45, 2.75) is 39.8 Å². The van der Waals surface area contributed by atoms with Crippen molar-refractivity contribution in [1.29, 1.82) is 0 Å². The normalized spacial score (nSPS) is 18.2. The lowest BCUT2D eigenvalue weighted by Gasteiger charge is -2.34. The van der Waals surface area contributed by atoms with E-state index >= 15 is 0 Å². The predicted molar refractivity (Wildman–Crippen MR) is 90.4 cm³/mol. The molecule has 0 fully saturated rings. The van der Waals surface area contributed by atoms with E-state index in [0.29, 0.717) is 6.04 Å². The van der Waals surface area contributed by atoms with Gasteiger partial charge in [-0.1, -0.05) is 6.07 Å². The van der Waals surface area contributed by atoms with Crippen LogP contribution in [-0.4, -0.2) is 29.2 Å². The van der Waals surface area contributed by atoms with Crippen molar-refractivity contribution in [3.63, 3.8) is 0 Å². The fraction of sp³-hybridized carbons (Fsp3) is 0.474. The van der Waals surface area contributed by atoms with Crippen LogP contribution in [0.15, 0.2) is 36.5 Å². The van der Waals surface area contributed by atoms with Crippen LogP contribution >= 0.6 is 0 Å². The van der Waals surface area contributed by atoms with Gasteiger partial charge in [-0.25, -0.2) is 0 Å². The van der Waals surface area contributed by atoms with Crippen molar-refractivity contribution in [3.05, 3.63) is 53.3 Å². The van der Waals surface area contributed by atoms with E-state index in [9.17, 15) is 0 Å². The Hall–Kier alpha value is -1.74. The average Bonchev–Trinajstić information content (AvgIpc) is 2.98. The zero-order chi connectivity index (χ0) is 15.5. The molecule has 0 saturated heterocycles. The molecule has 0 N–H and O–H groups in total. The van der Waals surface area contributed by atoms with Crippen LogP contribution in [0.25, 0.3) is 0 Å². The molecule has 22 heavy (non-hydrogen) atoms. The molecule has 0 aliphatic carbocycles. The van der Waals surface area contributed by atoms with Crippen molar-refractivity contribution in [1.82, 2.24) is 9.47 Å². The molecular formula is C19H26N2O. The number of nitrogens with zero attached hydrogens (tertiary/aromatic N) is 2. The SMILES string of the molecule is Cc1ccc(OCCCN2CCn3cccc3C2C)cc1C. The van der Waals surface area contributed by atoms with Crippen LogP contribution in [0.3, 0.4) is 0 Å². The molecule has 0 spiro atoms. The maximum Gasteiger partial charge on any atom is 0.119 e. The minimum absolute atomic E-state index is 0.505. The summed E-state index contributed by atoms with van der Waals surface area (Å²) in [5.74, 6) is 0.990. The van der Waals surface area contributed by atoms with Crippen molar-refractivity contribution in [2.75, 3.05) is 19.7 Å². The van der Waals surface area contributed by atoms with Gasteiger partial charge in [-0.2, -0.15) is 0 Å². The van der Waals surface area contributed by atoms with E-state index in [-0.39, 0.29) is 0 Å². The summed E-state index contributed by atoms with van der Waals surface area (Å²) in [6.45, 7) is 10.7. The van der Waals surface area contributed by atoms with Gasteiger partial charge in [-0.15, -0.1) is 0 Å². The van der Waals surface area contributed by atoms with Gasteiger partial charge in [0.2, 0.25) is 0 Å². The van der Waals surface area contributed by atoms with Crippen molar-refractivity contribution >= 4 is 0 Å². The number of benzene rings is 1. The Labute approximate surface area is 133 Å². The van der Waals surface area contributed by atoms with Gasteiger partial charge in [-0.05, 0) is 62.6 Å². The molecule has 1 atom stereocenters. The summed E-state index contributed by atoms with van der Waals surface area (Å²) in [6.07, 6.45) is 3.25. The van der Waals surface area contributed by atoms with E-state index in [2.05, 4.69) is 66.8 Å². The highest BCUT2D eigenvalue weighted by atomic mass is 16.5. The maximum atomic E-state index is 5.89. The lowest BCUT2D eigenvalue weighted by Crippen LogP contribution is -2.37. The van der Waals surface area contributed by atoms with Crippen molar-refractivity contribution in [3.8, 4) is 5.75 Å². The minimum Gasteiger partial charge on any atom is -0.494 e. The number of aromatic nitrogens is 1. The largest absolute Gasteiger partial charge is 0.494 e. The summed E-state index contributed by atoms with van der Waals surface area (Å²) in [6, 6.07) is 11.2. The Kier molecular flexibility index (Phi) is 4.53. The fourth-order valence-corrected chi connectivity index (χ4v) is 3.19. The highest BCUT2D eigenvalue weighted by molar-refractivity contribution is 5.33. The first kappa shape index (κ1) is 15.2. The second-order valence-electron chi connectivity index (χ2n) is 6.29. The Morgan fingerprint density at radius 2 is 2.00 bits per heavy atom. The zero-order valence-corrected chi connectivity index (χ0v) is 13.9. The average molecular weight is 298 g/mol. The second kappa shape index (κ2) is 6.57. The third-order valence-corrected chi connectivity index (χ3v) is 4.81. The number of hydrogen-bond donors (Lipinski definition) is 0. The molecule has 0 amide bonds. The Morgan fingerprint density at radius 3 is 2.82 bits per heavy atom. The van der Waals surface area contributed by atoms with Crippen LogP contribution in [0.2, 0.25) is 0 Å². The summed E-state index contributed by atoms with van der Waals surface area (Å²) in [5, 5.41) is 0. The third-order valence-electron chi connectivity index (χ3n) is 4.81. The van der Waals surface area contributed by atoms with Crippen LogP contribution < -0.4 is 4.74 Å². The monoisotopic (exact) mass is 298 g/mol. The van der Waals surface area contributed by atoms with Crippen LogP contribution in [0, 0.1) is 13.8 Å². The first-order valence-corrected chi connectivity index (χ1v) is 8.24. The molecular weight excluding hydrogens is 272 g/mol. The lowest BCUT2D eigenvalue weighted by atomic mass is 10.1. The van der Waals surface area contributed by atoms with Crippen molar-refractivity contribution in [2.24, 2.45) is 0 Å². The van der Waals surface area contributed by atoms with E-state index in [4.69, 9.17) is 4.74 Å². The first-order valence-electron chi connectivity index (χ1n) is 8.24. The summed E-state index contributed by atoms with van der Waals surface area (Å²) in [5.41, 5.74) is 4.04. The highest BCUT2D eigenvalue weighted by Crippen LogP contribution is 2.25. The Balaban J connectivity index is 1.46. The van der Waals surface area contributed by atoms with Gasteiger partial charge in [0.1, 0.15) is 5.75 Å². The summed E-state index contributed by atoms with van der Waals surface area (Å²) in [4.78, 5) is 2.55. The molecule has 1 aliphatic heterocycles. The van der Waals surface area contributed by atoms with Gasteiger partial charge >= 0.3 is 0 Å². The number of aryl methyl sites for hydroxylation is 2. The fourth-order valence-electron chi connectivity index (χ4n) is 3.19. The predicted octanol–water partition coefficient (Wildman–Crippen LogP) is 3.95. The van der Waals surface area contributed by atoms with Crippen LogP contribution in [-0.2, 0) is 6.54 Å². The molecule has 2 heterocycles. The van der Waals surface area contributed by atoms with Crippen LogP contribution in [0.5, 0.6) is 5.75 Å². The maximum absolute atomic E-state index is 5.89. The molecule has 0 radical (unpaired) electrons. The van der Waals surface area contributed by atoms with Gasteiger partial charge in [-0.3, -0.25) is 4.90 Å². The van der Waals surface area contributed by atoms with Gasteiger partial charge < -0.3 is 9.30 Å². The number of ether oxygens (including phenoxy) is 1. The molecule has 1 aromatic heterocycles. The molecule has 3 nitrogen and oxygen atoms in total. The molecule has 0 saturated carbocycles. The van der Waals surface area contributed by atoms with E-state index in [0.717, 1.165) is 38.4 Å². The van der Waals surface area contributed by atoms with Gasteiger partial charge in [0, 0.05) is 37.6 Å². The van der Waals surface area contributed by atoms with Crippen molar-refractivity contribution < 1.29 is 4.74 Å². The molecule has 1 unspecified atom stereocenters. The van der Waals surface area contributed by atoms with Crippen LogP contribution in [0.1, 0.15) is 36.2 Å². The van der Waals surface area contributed by atoms with Crippen LogP contribution in [0.4, 0.5) is 0 Å². The quantitative estimate of drug-likeness (QED) is 0.778. The highest BCUT2D eigenvalue weighted by Gasteiger charge is 2.22. The van der Waals surface area contributed by atoms with E-state index < -0.39 is 0 Å². The van der Waals surface area contributed by atoms with Gasteiger partial charge in [0.25, 0.3) is 0 Å². The number of fused-ring (bicyclic) bond motifs is 1. The smallest absolute Gasteiger partial charge is 0.119 e. The van der Waals surface area contributed by atoms with Gasteiger partial charge in [0.15, 0.2) is 0 Å². The first-order chi connectivity index (χ1) is 10.6. The Morgan fingerprint density at radius 1 is 1.14 bits per heavy atom. The van der Waals surface area contributed by atoms with E-state index in [1.165, 1.54) is 16.8 Å². The standard InChI is InChI=1S/C19H26N2O/c1-15-7-8-18(14-16(15)2)22-13-5-10-20-11-12-21-9-4-6-19(21)17(20)3/h4,6-9,14,17H,5,10-13H2,1-3H3.